The van der Waals surface area contributed by atoms with Crippen LogP contribution in [0.3, 0.4) is 0 Å². The third kappa shape index (κ3) is 3.78. The molecule has 110 valence electrons. The molecule has 0 saturated heterocycles. The molecule has 0 saturated carbocycles. The molecular formula is C15H19N5S. The molecule has 0 aliphatic rings. The van der Waals surface area contributed by atoms with E-state index in [1.165, 1.54) is 0 Å². The van der Waals surface area contributed by atoms with Crippen LogP contribution in [0.4, 0.5) is 0 Å². The van der Waals surface area contributed by atoms with Crippen LogP contribution in [0.15, 0.2) is 36.7 Å². The molecule has 2 aromatic rings. The Morgan fingerprint density at radius 3 is 2.71 bits per heavy atom. The van der Waals surface area contributed by atoms with Crippen LogP contribution in [0.1, 0.15) is 13.8 Å². The second-order valence-electron chi connectivity index (χ2n) is 4.96. The fourth-order valence-electron chi connectivity index (χ4n) is 2.10. The van der Waals surface area contributed by atoms with E-state index in [0.717, 1.165) is 12.2 Å². The van der Waals surface area contributed by atoms with E-state index < -0.39 is 0 Å². The van der Waals surface area contributed by atoms with Crippen molar-refractivity contribution >= 4 is 12.2 Å². The van der Waals surface area contributed by atoms with Gasteiger partial charge in [0.15, 0.2) is 0 Å². The molecule has 0 N–H and O–H groups in total. The van der Waals surface area contributed by atoms with E-state index in [9.17, 15) is 0 Å². The summed E-state index contributed by atoms with van der Waals surface area (Å²) in [7, 11) is 0. The van der Waals surface area contributed by atoms with Crippen molar-refractivity contribution in [2.45, 2.75) is 20.5 Å². The van der Waals surface area contributed by atoms with Gasteiger partial charge in [-0.2, -0.15) is 10.4 Å². The minimum atomic E-state index is -0.00432. The molecule has 0 spiro atoms. The topological polar surface area (TPSA) is 49.8 Å². The Morgan fingerprint density at radius 2 is 2.10 bits per heavy atom. The molecule has 1 aromatic heterocycles. The first-order valence-corrected chi connectivity index (χ1v) is 7.38. The van der Waals surface area contributed by atoms with E-state index in [1.807, 2.05) is 41.8 Å². The number of hydrogen-bond donors (Lipinski definition) is 0. The van der Waals surface area contributed by atoms with E-state index in [0.29, 0.717) is 18.0 Å². The molecule has 0 aliphatic carbocycles. The lowest BCUT2D eigenvalue weighted by atomic mass is 10.2. The maximum Gasteiger partial charge on any atom is 0.203 e. The third-order valence-corrected chi connectivity index (χ3v) is 3.71. The molecule has 0 radical (unpaired) electrons. The summed E-state index contributed by atoms with van der Waals surface area (Å²) in [6.45, 7) is 6.16. The molecule has 6 heteroatoms. The molecule has 0 amide bonds. The smallest absolute Gasteiger partial charge is 0.203 e. The zero-order valence-electron chi connectivity index (χ0n) is 12.3. The second-order valence-corrected chi connectivity index (χ2v) is 5.32. The van der Waals surface area contributed by atoms with Crippen molar-refractivity contribution in [1.29, 1.82) is 5.26 Å². The maximum absolute atomic E-state index is 8.93. The van der Waals surface area contributed by atoms with Crippen LogP contribution in [-0.2, 0) is 6.67 Å². The summed E-state index contributed by atoms with van der Waals surface area (Å²) in [5.74, 6) is -0.00432. The quantitative estimate of drug-likeness (QED) is 0.770. The number of nitriles is 1. The summed E-state index contributed by atoms with van der Waals surface area (Å²) in [4.78, 5) is 2.16. The standard InChI is InChI=1S/C15H19N5S/c1-3-18(10-13(2)9-16)12-20-15(21)19(11-17-20)14-7-5-4-6-8-14/h4-8,11,13H,3,10,12H2,1-2H3. The van der Waals surface area contributed by atoms with Crippen molar-refractivity contribution in [1.82, 2.24) is 19.2 Å². The first-order valence-electron chi connectivity index (χ1n) is 6.97. The molecule has 1 unspecified atom stereocenters. The van der Waals surface area contributed by atoms with Crippen LogP contribution in [-0.4, -0.2) is 32.3 Å². The fraction of sp³-hybridized carbons (Fsp3) is 0.400. The van der Waals surface area contributed by atoms with Gasteiger partial charge in [0.2, 0.25) is 4.77 Å². The van der Waals surface area contributed by atoms with Crippen LogP contribution < -0.4 is 0 Å². The van der Waals surface area contributed by atoms with Gasteiger partial charge in [0.25, 0.3) is 0 Å². The van der Waals surface area contributed by atoms with Gasteiger partial charge in [-0.15, -0.1) is 0 Å². The SMILES string of the molecule is CCN(CC(C)C#N)Cn1ncn(-c2ccccc2)c1=S. The van der Waals surface area contributed by atoms with Crippen LogP contribution >= 0.6 is 12.2 Å². The van der Waals surface area contributed by atoms with Crippen LogP contribution in [0.5, 0.6) is 0 Å². The number of hydrogen-bond acceptors (Lipinski definition) is 4. The Labute approximate surface area is 130 Å². The lowest BCUT2D eigenvalue weighted by Crippen LogP contribution is -2.30. The van der Waals surface area contributed by atoms with Gasteiger partial charge in [0.05, 0.1) is 18.7 Å². The zero-order valence-corrected chi connectivity index (χ0v) is 13.1. The van der Waals surface area contributed by atoms with Crippen molar-refractivity contribution in [3.8, 4) is 11.8 Å². The molecule has 2 rings (SSSR count). The molecule has 1 atom stereocenters. The van der Waals surface area contributed by atoms with E-state index in [4.69, 9.17) is 17.5 Å². The lowest BCUT2D eigenvalue weighted by Gasteiger charge is -2.20. The Balaban J connectivity index is 2.17. The molecule has 21 heavy (non-hydrogen) atoms. The maximum atomic E-state index is 8.93. The van der Waals surface area contributed by atoms with Gasteiger partial charge in [-0.05, 0) is 37.8 Å². The average Bonchev–Trinajstić information content (AvgIpc) is 2.88. The number of nitrogens with zero attached hydrogens (tertiary/aromatic N) is 5. The summed E-state index contributed by atoms with van der Waals surface area (Å²) < 4.78 is 4.33. The highest BCUT2D eigenvalue weighted by molar-refractivity contribution is 7.71. The third-order valence-electron chi connectivity index (χ3n) is 3.30. The fourth-order valence-corrected chi connectivity index (χ4v) is 2.36. The van der Waals surface area contributed by atoms with Gasteiger partial charge < -0.3 is 0 Å². The van der Waals surface area contributed by atoms with Gasteiger partial charge in [-0.25, -0.2) is 4.68 Å². The predicted octanol–water partition coefficient (Wildman–Crippen LogP) is 2.84. The highest BCUT2D eigenvalue weighted by Gasteiger charge is 2.11. The first-order chi connectivity index (χ1) is 10.2. The molecule has 1 aromatic carbocycles. The van der Waals surface area contributed by atoms with Crippen molar-refractivity contribution in [3.05, 3.63) is 41.4 Å². The highest BCUT2D eigenvalue weighted by atomic mass is 32.1. The highest BCUT2D eigenvalue weighted by Crippen LogP contribution is 2.08. The molecule has 0 bridgehead atoms. The van der Waals surface area contributed by atoms with Gasteiger partial charge in [-0.1, -0.05) is 25.1 Å². The van der Waals surface area contributed by atoms with E-state index >= 15 is 0 Å². The predicted molar refractivity (Wildman–Crippen MR) is 84.4 cm³/mol. The van der Waals surface area contributed by atoms with Gasteiger partial charge in [-0.3, -0.25) is 9.47 Å². The van der Waals surface area contributed by atoms with E-state index in [2.05, 4.69) is 23.0 Å². The molecule has 5 nitrogen and oxygen atoms in total. The summed E-state index contributed by atoms with van der Waals surface area (Å²) in [6.07, 6.45) is 1.74. The zero-order chi connectivity index (χ0) is 15.2. The summed E-state index contributed by atoms with van der Waals surface area (Å²) in [5.41, 5.74) is 1.00. The van der Waals surface area contributed by atoms with E-state index in [1.54, 1.807) is 11.0 Å². The van der Waals surface area contributed by atoms with Gasteiger partial charge >= 0.3 is 0 Å². The van der Waals surface area contributed by atoms with Crippen LogP contribution in [0.25, 0.3) is 5.69 Å². The first kappa shape index (κ1) is 15.4. The van der Waals surface area contributed by atoms with Crippen molar-refractivity contribution < 1.29 is 0 Å². The van der Waals surface area contributed by atoms with Crippen LogP contribution in [0, 0.1) is 22.0 Å². The molecule has 0 aliphatic heterocycles. The lowest BCUT2D eigenvalue weighted by molar-refractivity contribution is 0.202. The number of rotatable bonds is 6. The Bertz CT molecular complexity index is 667. The van der Waals surface area contributed by atoms with Gasteiger partial charge in [0, 0.05) is 12.2 Å². The van der Waals surface area contributed by atoms with Crippen molar-refractivity contribution in [2.24, 2.45) is 5.92 Å². The van der Waals surface area contributed by atoms with E-state index in [-0.39, 0.29) is 5.92 Å². The Kier molecular flexibility index (Phi) is 5.26. The monoisotopic (exact) mass is 301 g/mol. The molecule has 1 heterocycles. The summed E-state index contributed by atoms with van der Waals surface area (Å²) in [5, 5.41) is 13.3. The number of para-hydroxylation sites is 1. The van der Waals surface area contributed by atoms with Gasteiger partial charge in [0.1, 0.15) is 6.33 Å². The average molecular weight is 301 g/mol. The largest absolute Gasteiger partial charge is 0.283 e. The summed E-state index contributed by atoms with van der Waals surface area (Å²) >= 11 is 5.49. The minimum absolute atomic E-state index is 0.00432. The normalized spacial score (nSPS) is 12.3. The minimum Gasteiger partial charge on any atom is -0.283 e. The van der Waals surface area contributed by atoms with Crippen molar-refractivity contribution in [2.75, 3.05) is 13.1 Å². The second kappa shape index (κ2) is 7.16. The van der Waals surface area contributed by atoms with Crippen molar-refractivity contribution in [3.63, 3.8) is 0 Å². The summed E-state index contributed by atoms with van der Waals surface area (Å²) in [6, 6.07) is 12.2. The number of benzene rings is 1. The molecular weight excluding hydrogens is 282 g/mol. The Morgan fingerprint density at radius 1 is 1.38 bits per heavy atom. The number of aromatic nitrogens is 3. The molecule has 0 fully saturated rings. The van der Waals surface area contributed by atoms with Crippen LogP contribution in [0.2, 0.25) is 0 Å². The Hall–Kier alpha value is -1.97.